The van der Waals surface area contributed by atoms with Crippen molar-refractivity contribution in [3.8, 4) is 0 Å². The average Bonchev–Trinajstić information content (AvgIpc) is 2.03. The number of aliphatic hydroxyl groups is 1. The first-order valence-electron chi connectivity index (χ1n) is 4.40. The summed E-state index contributed by atoms with van der Waals surface area (Å²) in [5.74, 6) is 0. The highest BCUT2D eigenvalue weighted by Crippen LogP contribution is 1.81. The third-order valence-electron chi connectivity index (χ3n) is 1.61. The molecule has 0 spiro atoms. The van der Waals surface area contributed by atoms with Gasteiger partial charge in [0.15, 0.2) is 0 Å². The van der Waals surface area contributed by atoms with Crippen LogP contribution in [-0.4, -0.2) is 56.4 Å². The van der Waals surface area contributed by atoms with E-state index in [0.717, 1.165) is 19.5 Å². The minimum atomic E-state index is -0.399. The lowest BCUT2D eigenvalue weighted by molar-refractivity contribution is 0.179. The minimum absolute atomic E-state index is 0.334. The molecule has 4 heteroatoms. The molecule has 0 aromatic heterocycles. The van der Waals surface area contributed by atoms with Gasteiger partial charge in [0.1, 0.15) is 0 Å². The SMILES string of the molecule is CN(C)CCCNCC(O)CN. The van der Waals surface area contributed by atoms with E-state index in [2.05, 4.69) is 24.3 Å². The smallest absolute Gasteiger partial charge is 0.0786 e. The first kappa shape index (κ1) is 11.8. The molecule has 12 heavy (non-hydrogen) atoms. The van der Waals surface area contributed by atoms with E-state index < -0.39 is 6.10 Å². The van der Waals surface area contributed by atoms with Crippen LogP contribution in [0.25, 0.3) is 0 Å². The zero-order chi connectivity index (χ0) is 9.40. The van der Waals surface area contributed by atoms with E-state index in [0.29, 0.717) is 13.1 Å². The van der Waals surface area contributed by atoms with Gasteiger partial charge in [-0.15, -0.1) is 0 Å². The third kappa shape index (κ3) is 7.94. The molecule has 0 fully saturated rings. The van der Waals surface area contributed by atoms with Crippen LogP contribution < -0.4 is 11.1 Å². The predicted octanol–water partition coefficient (Wildman–Crippen LogP) is -1.15. The number of nitrogens with zero attached hydrogens (tertiary/aromatic N) is 1. The van der Waals surface area contributed by atoms with Gasteiger partial charge in [0.2, 0.25) is 0 Å². The highest BCUT2D eigenvalue weighted by atomic mass is 16.3. The van der Waals surface area contributed by atoms with Gasteiger partial charge in [0.05, 0.1) is 6.10 Å². The number of nitrogens with two attached hydrogens (primary N) is 1. The summed E-state index contributed by atoms with van der Waals surface area (Å²) in [5.41, 5.74) is 5.24. The van der Waals surface area contributed by atoms with E-state index in [1.54, 1.807) is 0 Å². The van der Waals surface area contributed by atoms with Crippen LogP contribution in [0.15, 0.2) is 0 Å². The Morgan fingerprint density at radius 3 is 2.67 bits per heavy atom. The standard InChI is InChI=1S/C8H21N3O/c1-11(2)5-3-4-10-7-8(12)6-9/h8,10,12H,3-7,9H2,1-2H3. The van der Waals surface area contributed by atoms with Crippen molar-refractivity contribution in [1.29, 1.82) is 0 Å². The Bertz CT molecular complexity index is 98.3. The fourth-order valence-electron chi connectivity index (χ4n) is 0.872. The Morgan fingerprint density at radius 2 is 2.17 bits per heavy atom. The second kappa shape index (κ2) is 7.49. The zero-order valence-electron chi connectivity index (χ0n) is 8.08. The van der Waals surface area contributed by atoms with E-state index in [1.807, 2.05) is 0 Å². The van der Waals surface area contributed by atoms with Crippen molar-refractivity contribution in [2.75, 3.05) is 40.3 Å². The summed E-state index contributed by atoms with van der Waals surface area (Å²) in [6.07, 6.45) is 0.703. The fourth-order valence-corrected chi connectivity index (χ4v) is 0.872. The lowest BCUT2D eigenvalue weighted by Crippen LogP contribution is -2.33. The molecule has 1 unspecified atom stereocenters. The van der Waals surface area contributed by atoms with Crippen LogP contribution in [0.2, 0.25) is 0 Å². The number of rotatable bonds is 7. The van der Waals surface area contributed by atoms with Gasteiger partial charge >= 0.3 is 0 Å². The molecule has 0 aliphatic rings. The molecular weight excluding hydrogens is 154 g/mol. The Kier molecular flexibility index (Phi) is 7.39. The van der Waals surface area contributed by atoms with Crippen LogP contribution >= 0.6 is 0 Å². The monoisotopic (exact) mass is 175 g/mol. The molecule has 1 atom stereocenters. The van der Waals surface area contributed by atoms with Crippen LogP contribution in [-0.2, 0) is 0 Å². The minimum Gasteiger partial charge on any atom is -0.390 e. The van der Waals surface area contributed by atoms with Crippen molar-refractivity contribution in [3.05, 3.63) is 0 Å². The van der Waals surface area contributed by atoms with Crippen LogP contribution in [0, 0.1) is 0 Å². The molecule has 0 amide bonds. The van der Waals surface area contributed by atoms with Crippen LogP contribution in [0.4, 0.5) is 0 Å². The summed E-state index contributed by atoms with van der Waals surface area (Å²) in [5, 5.41) is 12.2. The predicted molar refractivity (Wildman–Crippen MR) is 51.1 cm³/mol. The molecule has 0 rings (SSSR count). The van der Waals surface area contributed by atoms with Crippen molar-refractivity contribution < 1.29 is 5.11 Å². The molecule has 4 N–H and O–H groups in total. The van der Waals surface area contributed by atoms with Crippen LogP contribution in [0.1, 0.15) is 6.42 Å². The molecule has 0 aromatic carbocycles. The van der Waals surface area contributed by atoms with Gasteiger partial charge in [-0.2, -0.15) is 0 Å². The lowest BCUT2D eigenvalue weighted by atomic mass is 10.3. The molecule has 4 nitrogen and oxygen atoms in total. The summed E-state index contributed by atoms with van der Waals surface area (Å²) in [4.78, 5) is 2.14. The van der Waals surface area contributed by atoms with Gasteiger partial charge in [-0.25, -0.2) is 0 Å². The second-order valence-corrected chi connectivity index (χ2v) is 3.25. The maximum Gasteiger partial charge on any atom is 0.0786 e. The number of nitrogens with one attached hydrogen (secondary N) is 1. The maximum absolute atomic E-state index is 9.07. The Labute approximate surface area is 74.7 Å². The molecule has 0 radical (unpaired) electrons. The molecular formula is C8H21N3O. The van der Waals surface area contributed by atoms with Gasteiger partial charge < -0.3 is 21.1 Å². The average molecular weight is 175 g/mol. The van der Waals surface area contributed by atoms with Gasteiger partial charge in [-0.1, -0.05) is 0 Å². The highest BCUT2D eigenvalue weighted by molar-refractivity contribution is 4.59. The zero-order valence-corrected chi connectivity index (χ0v) is 8.08. The first-order valence-corrected chi connectivity index (χ1v) is 4.40. The quantitative estimate of drug-likeness (QED) is 0.427. The van der Waals surface area contributed by atoms with Gasteiger partial charge in [-0.3, -0.25) is 0 Å². The Hall–Kier alpha value is -0.160. The summed E-state index contributed by atoms with van der Waals surface area (Å²) in [7, 11) is 4.10. The van der Waals surface area contributed by atoms with E-state index in [9.17, 15) is 0 Å². The van der Waals surface area contributed by atoms with Gasteiger partial charge in [0, 0.05) is 13.1 Å². The van der Waals surface area contributed by atoms with Gasteiger partial charge in [0.25, 0.3) is 0 Å². The Morgan fingerprint density at radius 1 is 1.50 bits per heavy atom. The van der Waals surface area contributed by atoms with Gasteiger partial charge in [-0.05, 0) is 33.6 Å². The molecule has 0 saturated carbocycles. The number of hydrogen-bond acceptors (Lipinski definition) is 4. The fraction of sp³-hybridized carbons (Fsp3) is 1.00. The van der Waals surface area contributed by atoms with Crippen molar-refractivity contribution in [1.82, 2.24) is 10.2 Å². The molecule has 0 aliphatic carbocycles. The molecule has 0 aliphatic heterocycles. The summed E-state index contributed by atoms with van der Waals surface area (Å²) < 4.78 is 0. The Balaban J connectivity index is 3.00. The van der Waals surface area contributed by atoms with Crippen LogP contribution in [0.3, 0.4) is 0 Å². The van der Waals surface area contributed by atoms with E-state index in [4.69, 9.17) is 10.8 Å². The molecule has 0 saturated heterocycles. The second-order valence-electron chi connectivity index (χ2n) is 3.25. The van der Waals surface area contributed by atoms with E-state index >= 15 is 0 Å². The van der Waals surface area contributed by atoms with Crippen molar-refractivity contribution >= 4 is 0 Å². The number of aliphatic hydroxyl groups excluding tert-OH is 1. The summed E-state index contributed by atoms with van der Waals surface area (Å²) >= 11 is 0. The molecule has 0 aromatic rings. The van der Waals surface area contributed by atoms with Crippen molar-refractivity contribution in [2.24, 2.45) is 5.73 Å². The van der Waals surface area contributed by atoms with Crippen molar-refractivity contribution in [2.45, 2.75) is 12.5 Å². The van der Waals surface area contributed by atoms with Crippen molar-refractivity contribution in [3.63, 3.8) is 0 Å². The van der Waals surface area contributed by atoms with Crippen LogP contribution in [0.5, 0.6) is 0 Å². The lowest BCUT2D eigenvalue weighted by Gasteiger charge is -2.11. The van der Waals surface area contributed by atoms with E-state index in [1.165, 1.54) is 0 Å². The third-order valence-corrected chi connectivity index (χ3v) is 1.61. The summed E-state index contributed by atoms with van der Waals surface area (Å²) in [6.45, 7) is 2.95. The topological polar surface area (TPSA) is 61.5 Å². The molecule has 0 bridgehead atoms. The number of hydrogen-bond donors (Lipinski definition) is 3. The normalized spacial score (nSPS) is 13.8. The molecule has 74 valence electrons. The maximum atomic E-state index is 9.07. The van der Waals surface area contributed by atoms with E-state index in [-0.39, 0.29) is 0 Å². The summed E-state index contributed by atoms with van der Waals surface area (Å²) in [6, 6.07) is 0. The highest BCUT2D eigenvalue weighted by Gasteiger charge is 1.98. The molecule has 0 heterocycles. The largest absolute Gasteiger partial charge is 0.390 e. The first-order chi connectivity index (χ1) is 5.66.